The highest BCUT2D eigenvalue weighted by atomic mass is 19.3. The van der Waals surface area contributed by atoms with E-state index < -0.39 is 24.7 Å². The van der Waals surface area contributed by atoms with Crippen molar-refractivity contribution in [1.82, 2.24) is 9.80 Å². The molecular formula is C26H31F3N2O2. The van der Waals surface area contributed by atoms with Gasteiger partial charge in [-0.15, -0.1) is 0 Å². The molecule has 0 radical (unpaired) electrons. The molecule has 178 valence electrons. The molecule has 0 atom stereocenters. The lowest BCUT2D eigenvalue weighted by atomic mass is 9.97. The topological polar surface area (TPSA) is 32.8 Å². The molecule has 2 fully saturated rings. The number of nitrogens with zero attached hydrogens (tertiary/aromatic N) is 2. The highest BCUT2D eigenvalue weighted by molar-refractivity contribution is 5.95. The number of ether oxygens (including phenoxy) is 1. The summed E-state index contributed by atoms with van der Waals surface area (Å²) in [5.41, 5.74) is 1.18. The molecule has 4 rings (SSSR count). The van der Waals surface area contributed by atoms with Crippen molar-refractivity contribution >= 4 is 5.91 Å². The zero-order valence-corrected chi connectivity index (χ0v) is 19.2. The minimum Gasteiger partial charge on any atom is -0.493 e. The van der Waals surface area contributed by atoms with Gasteiger partial charge < -0.3 is 14.5 Å². The molecule has 2 heterocycles. The molecule has 0 aromatic heterocycles. The third-order valence-corrected chi connectivity index (χ3v) is 6.24. The molecule has 2 saturated heterocycles. The van der Waals surface area contributed by atoms with E-state index in [2.05, 4.69) is 4.90 Å². The Morgan fingerprint density at radius 1 is 1.00 bits per heavy atom. The number of carbonyl (C=O) groups excluding carboxylic acids is 1. The molecular weight excluding hydrogens is 429 g/mol. The summed E-state index contributed by atoms with van der Waals surface area (Å²) in [4.78, 5) is 15.6. The van der Waals surface area contributed by atoms with Gasteiger partial charge in [-0.05, 0) is 81.1 Å². The van der Waals surface area contributed by atoms with E-state index in [-0.39, 0.29) is 5.91 Å². The number of alkyl halides is 3. The maximum atomic E-state index is 13.8. The van der Waals surface area contributed by atoms with Crippen LogP contribution in [0, 0.1) is 5.92 Å². The summed E-state index contributed by atoms with van der Waals surface area (Å²) in [5, 5.41) is 0. The predicted molar refractivity (Wildman–Crippen MR) is 123 cm³/mol. The fourth-order valence-corrected chi connectivity index (χ4v) is 4.44. The zero-order chi connectivity index (χ0) is 23.6. The first-order valence-electron chi connectivity index (χ1n) is 11.5. The molecule has 2 aromatic carbocycles. The van der Waals surface area contributed by atoms with Crippen LogP contribution < -0.4 is 4.74 Å². The van der Waals surface area contributed by atoms with Crippen molar-refractivity contribution in [3.05, 3.63) is 54.1 Å². The lowest BCUT2D eigenvalue weighted by molar-refractivity contribution is -0.113. The zero-order valence-electron chi connectivity index (χ0n) is 19.2. The lowest BCUT2D eigenvalue weighted by Crippen LogP contribution is -2.58. The molecule has 4 nitrogen and oxygen atoms in total. The second kappa shape index (κ2) is 9.37. The molecule has 2 aliphatic rings. The summed E-state index contributed by atoms with van der Waals surface area (Å²) in [6.45, 7) is 5.16. The number of piperidine rings is 1. The molecule has 0 saturated carbocycles. The van der Waals surface area contributed by atoms with Crippen LogP contribution in [0.2, 0.25) is 0 Å². The van der Waals surface area contributed by atoms with Crippen LogP contribution in [-0.4, -0.2) is 66.6 Å². The number of rotatable bonds is 7. The summed E-state index contributed by atoms with van der Waals surface area (Å²) in [7, 11) is 0. The van der Waals surface area contributed by atoms with Crippen molar-refractivity contribution in [2.75, 3.05) is 39.3 Å². The number of amides is 1. The van der Waals surface area contributed by atoms with Crippen molar-refractivity contribution in [3.63, 3.8) is 0 Å². The van der Waals surface area contributed by atoms with Crippen LogP contribution in [0.4, 0.5) is 13.2 Å². The Labute approximate surface area is 193 Å². The van der Waals surface area contributed by atoms with Crippen LogP contribution >= 0.6 is 0 Å². The first kappa shape index (κ1) is 23.6. The Morgan fingerprint density at radius 2 is 1.55 bits per heavy atom. The van der Waals surface area contributed by atoms with Gasteiger partial charge >= 0.3 is 0 Å². The molecule has 0 N–H and O–H groups in total. The van der Waals surface area contributed by atoms with Gasteiger partial charge in [0.2, 0.25) is 0 Å². The maximum absolute atomic E-state index is 13.8. The van der Waals surface area contributed by atoms with Crippen LogP contribution in [0.1, 0.15) is 37.0 Å². The molecule has 0 bridgehead atoms. The third-order valence-electron chi connectivity index (χ3n) is 6.24. The Bertz CT molecular complexity index is 939. The van der Waals surface area contributed by atoms with E-state index in [4.69, 9.17) is 4.74 Å². The molecule has 1 amide bonds. The quantitative estimate of drug-likeness (QED) is 0.563. The van der Waals surface area contributed by atoms with Crippen molar-refractivity contribution in [3.8, 4) is 16.9 Å². The van der Waals surface area contributed by atoms with Gasteiger partial charge in [-0.2, -0.15) is 0 Å². The highest BCUT2D eigenvalue weighted by Crippen LogP contribution is 2.29. The number of hydrogen-bond acceptors (Lipinski definition) is 3. The van der Waals surface area contributed by atoms with Crippen LogP contribution in [0.25, 0.3) is 11.1 Å². The Kier molecular flexibility index (Phi) is 6.71. The second-order valence-corrected chi connectivity index (χ2v) is 9.87. The standard InChI is InChI=1S/C26H31F3N2O2/c1-25(2,27)16-30-13-11-19(12-14-30)15-33-23-9-7-21(8-10-23)20-3-5-22(6-4-20)24(32)31-17-26(28,29)18-31/h3-10,19H,11-18H2,1-2H3. The summed E-state index contributed by atoms with van der Waals surface area (Å²) in [6, 6.07) is 14.8. The summed E-state index contributed by atoms with van der Waals surface area (Å²) in [5.74, 6) is -1.85. The highest BCUT2D eigenvalue weighted by Gasteiger charge is 2.46. The van der Waals surface area contributed by atoms with Crippen LogP contribution in [0.15, 0.2) is 48.5 Å². The normalized spacial score (nSPS) is 19.2. The van der Waals surface area contributed by atoms with E-state index >= 15 is 0 Å². The molecule has 2 aliphatic heterocycles. The van der Waals surface area contributed by atoms with Gasteiger partial charge in [-0.3, -0.25) is 4.79 Å². The SMILES string of the molecule is CC(C)(F)CN1CCC(COc2ccc(-c3ccc(C(=O)N4CC(F)(F)C4)cc3)cc2)CC1. The number of benzene rings is 2. The molecule has 33 heavy (non-hydrogen) atoms. The van der Waals surface area contributed by atoms with Crippen molar-refractivity contribution in [2.45, 2.75) is 38.3 Å². The Morgan fingerprint density at radius 3 is 2.06 bits per heavy atom. The van der Waals surface area contributed by atoms with Gasteiger partial charge in [-0.1, -0.05) is 24.3 Å². The van der Waals surface area contributed by atoms with Crippen LogP contribution in [-0.2, 0) is 0 Å². The predicted octanol–water partition coefficient (Wildman–Crippen LogP) is 5.28. The van der Waals surface area contributed by atoms with E-state index in [9.17, 15) is 18.0 Å². The average Bonchev–Trinajstić information content (AvgIpc) is 2.76. The summed E-state index contributed by atoms with van der Waals surface area (Å²) in [6.07, 6.45) is 2.02. The van der Waals surface area contributed by atoms with Crippen LogP contribution in [0.3, 0.4) is 0 Å². The molecule has 0 aliphatic carbocycles. The maximum Gasteiger partial charge on any atom is 0.282 e. The van der Waals surface area contributed by atoms with E-state index in [1.54, 1.807) is 26.0 Å². The molecule has 0 spiro atoms. The molecule has 2 aromatic rings. The minimum atomic E-state index is -2.76. The van der Waals surface area contributed by atoms with Gasteiger partial charge in [0.15, 0.2) is 0 Å². The van der Waals surface area contributed by atoms with E-state index in [1.165, 1.54) is 0 Å². The van der Waals surface area contributed by atoms with E-state index in [0.717, 1.165) is 47.7 Å². The molecule has 7 heteroatoms. The van der Waals surface area contributed by atoms with E-state index in [1.807, 2.05) is 36.4 Å². The molecule has 0 unspecified atom stereocenters. The Balaban J connectivity index is 1.25. The first-order valence-corrected chi connectivity index (χ1v) is 11.5. The Hall–Kier alpha value is -2.54. The third kappa shape index (κ3) is 6.28. The van der Waals surface area contributed by atoms with E-state index in [0.29, 0.717) is 24.6 Å². The smallest absolute Gasteiger partial charge is 0.282 e. The fraction of sp³-hybridized carbons (Fsp3) is 0.500. The average molecular weight is 461 g/mol. The van der Waals surface area contributed by atoms with Crippen molar-refractivity contribution in [2.24, 2.45) is 5.92 Å². The number of hydrogen-bond donors (Lipinski definition) is 0. The monoisotopic (exact) mass is 460 g/mol. The minimum absolute atomic E-state index is 0.365. The summed E-state index contributed by atoms with van der Waals surface area (Å²) >= 11 is 0. The van der Waals surface area contributed by atoms with Gasteiger partial charge in [-0.25, -0.2) is 13.2 Å². The largest absolute Gasteiger partial charge is 0.493 e. The fourth-order valence-electron chi connectivity index (χ4n) is 4.44. The van der Waals surface area contributed by atoms with Crippen molar-refractivity contribution < 1.29 is 22.7 Å². The van der Waals surface area contributed by atoms with Gasteiger partial charge in [0.25, 0.3) is 11.8 Å². The van der Waals surface area contributed by atoms with Gasteiger partial charge in [0.1, 0.15) is 11.4 Å². The van der Waals surface area contributed by atoms with Crippen LogP contribution in [0.5, 0.6) is 5.75 Å². The first-order chi connectivity index (χ1) is 15.6. The number of halogens is 3. The number of likely N-dealkylation sites (tertiary alicyclic amines) is 2. The van der Waals surface area contributed by atoms with Gasteiger partial charge in [0.05, 0.1) is 19.7 Å². The van der Waals surface area contributed by atoms with Crippen molar-refractivity contribution in [1.29, 1.82) is 0 Å². The summed E-state index contributed by atoms with van der Waals surface area (Å²) < 4.78 is 45.8. The van der Waals surface area contributed by atoms with Gasteiger partial charge in [0, 0.05) is 12.1 Å². The second-order valence-electron chi connectivity index (χ2n) is 9.87. The number of carbonyl (C=O) groups is 1. The lowest BCUT2D eigenvalue weighted by Gasteiger charge is -2.38.